The Labute approximate surface area is 93.6 Å². The van der Waals surface area contributed by atoms with Gasteiger partial charge in [0.1, 0.15) is 6.10 Å². The lowest BCUT2D eigenvalue weighted by Crippen LogP contribution is -2.54. The summed E-state index contributed by atoms with van der Waals surface area (Å²) >= 11 is 1.36. The van der Waals surface area contributed by atoms with Gasteiger partial charge in [-0.1, -0.05) is 18.2 Å². The van der Waals surface area contributed by atoms with E-state index in [2.05, 4.69) is 0 Å². The molecular formula is C11H13NO2S. The van der Waals surface area contributed by atoms with E-state index in [0.29, 0.717) is 13.1 Å². The first-order valence-corrected chi connectivity index (χ1v) is 6.00. The van der Waals surface area contributed by atoms with E-state index in [1.54, 1.807) is 4.90 Å². The quantitative estimate of drug-likeness (QED) is 0.732. The molecule has 0 aromatic heterocycles. The summed E-state index contributed by atoms with van der Waals surface area (Å²) in [6.07, 6.45) is 2.09. The lowest BCUT2D eigenvalue weighted by Gasteiger charge is -2.38. The summed E-state index contributed by atoms with van der Waals surface area (Å²) in [5.41, 5.74) is 0.750. The first-order valence-electron chi connectivity index (χ1n) is 4.85. The number of rotatable bonds is 3. The Hall–Kier alpha value is -1.00. The predicted octanol–water partition coefficient (Wildman–Crippen LogP) is 1.81. The number of carbonyl (C=O) groups is 1. The molecule has 0 N–H and O–H groups in total. The first kappa shape index (κ1) is 10.5. The Kier molecular flexibility index (Phi) is 3.28. The van der Waals surface area contributed by atoms with Gasteiger partial charge in [-0.3, -0.25) is 4.79 Å². The highest BCUT2D eigenvalue weighted by atomic mass is 32.2. The van der Waals surface area contributed by atoms with Crippen molar-refractivity contribution < 1.29 is 8.98 Å². The maximum Gasteiger partial charge on any atom is 0.254 e. The zero-order valence-electron chi connectivity index (χ0n) is 8.55. The van der Waals surface area contributed by atoms with Gasteiger partial charge in [0.25, 0.3) is 5.91 Å². The number of hydrogen-bond acceptors (Lipinski definition) is 3. The molecule has 4 heteroatoms. The Morgan fingerprint density at radius 2 is 2.07 bits per heavy atom. The van der Waals surface area contributed by atoms with Crippen molar-refractivity contribution in [1.82, 2.24) is 4.90 Å². The number of benzene rings is 1. The van der Waals surface area contributed by atoms with E-state index < -0.39 is 0 Å². The number of nitrogens with zero attached hydrogens (tertiary/aromatic N) is 1. The van der Waals surface area contributed by atoms with Crippen molar-refractivity contribution in [3.63, 3.8) is 0 Å². The van der Waals surface area contributed by atoms with Crippen molar-refractivity contribution >= 4 is 17.9 Å². The van der Waals surface area contributed by atoms with Gasteiger partial charge >= 0.3 is 0 Å². The minimum Gasteiger partial charge on any atom is -0.333 e. The molecule has 0 bridgehead atoms. The molecular weight excluding hydrogens is 210 g/mol. The van der Waals surface area contributed by atoms with Gasteiger partial charge in [-0.05, 0) is 24.2 Å². The lowest BCUT2D eigenvalue weighted by atomic mass is 10.1. The summed E-state index contributed by atoms with van der Waals surface area (Å²) in [5.74, 6) is 0.0940. The van der Waals surface area contributed by atoms with Crippen LogP contribution in [0.4, 0.5) is 0 Å². The highest BCUT2D eigenvalue weighted by Crippen LogP contribution is 2.18. The molecule has 0 radical (unpaired) electrons. The normalized spacial score (nSPS) is 16.2. The van der Waals surface area contributed by atoms with Crippen molar-refractivity contribution in [3.8, 4) is 0 Å². The monoisotopic (exact) mass is 223 g/mol. The third kappa shape index (κ3) is 2.33. The zero-order valence-corrected chi connectivity index (χ0v) is 9.37. The van der Waals surface area contributed by atoms with E-state index in [1.807, 2.05) is 36.6 Å². The molecule has 3 nitrogen and oxygen atoms in total. The minimum atomic E-state index is 0.0940. The highest BCUT2D eigenvalue weighted by Gasteiger charge is 2.31. The van der Waals surface area contributed by atoms with Crippen molar-refractivity contribution in [3.05, 3.63) is 35.9 Å². The van der Waals surface area contributed by atoms with Crippen molar-refractivity contribution in [2.45, 2.75) is 6.10 Å². The molecule has 0 spiro atoms. The molecule has 1 aliphatic heterocycles. The van der Waals surface area contributed by atoms with Gasteiger partial charge in [-0.25, -0.2) is 0 Å². The van der Waals surface area contributed by atoms with Crippen LogP contribution in [-0.4, -0.2) is 36.3 Å². The van der Waals surface area contributed by atoms with Gasteiger partial charge < -0.3 is 9.08 Å². The van der Waals surface area contributed by atoms with Crippen molar-refractivity contribution in [2.75, 3.05) is 19.3 Å². The number of hydrogen-bond donors (Lipinski definition) is 0. The summed E-state index contributed by atoms with van der Waals surface area (Å²) in [6.45, 7) is 1.41. The Bertz CT molecular complexity index is 336. The molecule has 1 aromatic rings. The number of carbonyl (C=O) groups excluding carboxylic acids is 1. The summed E-state index contributed by atoms with van der Waals surface area (Å²) in [6, 6.07) is 9.34. The van der Waals surface area contributed by atoms with Gasteiger partial charge in [-0.2, -0.15) is 0 Å². The standard InChI is InChI=1S/C11H13NO2S/c1-15-14-10-7-12(8-10)11(13)9-5-3-2-4-6-9/h2-6,10H,7-8H2,1H3. The summed E-state index contributed by atoms with van der Waals surface area (Å²) < 4.78 is 5.32. The summed E-state index contributed by atoms with van der Waals surface area (Å²) in [7, 11) is 0. The molecule has 2 rings (SSSR count). The van der Waals surface area contributed by atoms with Gasteiger partial charge in [0.15, 0.2) is 0 Å². The van der Waals surface area contributed by atoms with E-state index in [1.165, 1.54) is 12.0 Å². The van der Waals surface area contributed by atoms with E-state index in [-0.39, 0.29) is 12.0 Å². The second-order valence-electron chi connectivity index (χ2n) is 3.46. The van der Waals surface area contributed by atoms with E-state index in [4.69, 9.17) is 4.18 Å². The maximum absolute atomic E-state index is 11.8. The summed E-state index contributed by atoms with van der Waals surface area (Å²) in [5, 5.41) is 0. The topological polar surface area (TPSA) is 29.5 Å². The van der Waals surface area contributed by atoms with E-state index in [0.717, 1.165) is 5.56 Å². The molecule has 1 amide bonds. The fourth-order valence-electron chi connectivity index (χ4n) is 1.56. The third-order valence-corrected chi connectivity index (χ3v) is 2.85. The number of likely N-dealkylation sites (tertiary alicyclic amines) is 1. The van der Waals surface area contributed by atoms with E-state index in [9.17, 15) is 4.79 Å². The highest BCUT2D eigenvalue weighted by molar-refractivity contribution is 7.93. The van der Waals surface area contributed by atoms with Gasteiger partial charge in [0.05, 0.1) is 13.1 Å². The minimum absolute atomic E-state index is 0.0940. The van der Waals surface area contributed by atoms with Gasteiger partial charge in [0.2, 0.25) is 0 Å². The second kappa shape index (κ2) is 4.68. The average molecular weight is 223 g/mol. The van der Waals surface area contributed by atoms with Crippen LogP contribution in [-0.2, 0) is 4.18 Å². The molecule has 1 aliphatic rings. The largest absolute Gasteiger partial charge is 0.333 e. The van der Waals surface area contributed by atoms with Crippen LogP contribution in [0.1, 0.15) is 10.4 Å². The molecule has 1 fully saturated rings. The molecule has 0 unspecified atom stereocenters. The van der Waals surface area contributed by atoms with Crippen LogP contribution in [0.3, 0.4) is 0 Å². The third-order valence-electron chi connectivity index (χ3n) is 2.39. The van der Waals surface area contributed by atoms with Crippen molar-refractivity contribution in [2.24, 2.45) is 0 Å². The maximum atomic E-state index is 11.8. The first-order chi connectivity index (χ1) is 7.31. The molecule has 1 aromatic carbocycles. The fourth-order valence-corrected chi connectivity index (χ4v) is 1.96. The average Bonchev–Trinajstić information content (AvgIpc) is 2.23. The Morgan fingerprint density at radius 3 is 2.67 bits per heavy atom. The Morgan fingerprint density at radius 1 is 1.40 bits per heavy atom. The lowest BCUT2D eigenvalue weighted by molar-refractivity contribution is 0.0257. The molecule has 0 aliphatic carbocycles. The zero-order chi connectivity index (χ0) is 10.7. The van der Waals surface area contributed by atoms with Crippen LogP contribution >= 0.6 is 12.0 Å². The second-order valence-corrected chi connectivity index (χ2v) is 3.99. The van der Waals surface area contributed by atoms with Crippen LogP contribution in [0.5, 0.6) is 0 Å². The van der Waals surface area contributed by atoms with E-state index >= 15 is 0 Å². The molecule has 0 saturated carbocycles. The predicted molar refractivity (Wildman–Crippen MR) is 60.7 cm³/mol. The molecule has 15 heavy (non-hydrogen) atoms. The molecule has 80 valence electrons. The Balaban J connectivity index is 1.90. The fraction of sp³-hybridized carbons (Fsp3) is 0.364. The van der Waals surface area contributed by atoms with Gasteiger partial charge in [-0.15, -0.1) is 0 Å². The van der Waals surface area contributed by atoms with Gasteiger partial charge in [0, 0.05) is 11.8 Å². The SMILES string of the molecule is CSOC1CN(C(=O)c2ccccc2)C1. The van der Waals surface area contributed by atoms with Crippen LogP contribution in [0.25, 0.3) is 0 Å². The summed E-state index contributed by atoms with van der Waals surface area (Å²) in [4.78, 5) is 13.6. The van der Waals surface area contributed by atoms with Crippen LogP contribution in [0.15, 0.2) is 30.3 Å². The van der Waals surface area contributed by atoms with Crippen molar-refractivity contribution in [1.29, 1.82) is 0 Å². The molecule has 1 heterocycles. The molecule has 0 atom stereocenters. The van der Waals surface area contributed by atoms with Crippen LogP contribution in [0, 0.1) is 0 Å². The van der Waals surface area contributed by atoms with Crippen LogP contribution < -0.4 is 0 Å². The van der Waals surface area contributed by atoms with Crippen LogP contribution in [0.2, 0.25) is 0 Å². The molecule has 1 saturated heterocycles. The number of amides is 1. The smallest absolute Gasteiger partial charge is 0.254 e.